The Morgan fingerprint density at radius 1 is 1.05 bits per heavy atom. The normalized spacial score (nSPS) is 19.8. The Kier molecular flexibility index (Phi) is 10.0. The van der Waals surface area contributed by atoms with Crippen molar-refractivity contribution >= 4 is 26.5 Å². The highest BCUT2D eigenvalue weighted by molar-refractivity contribution is 7.89. The van der Waals surface area contributed by atoms with Gasteiger partial charge in [0.15, 0.2) is 21.3 Å². The van der Waals surface area contributed by atoms with Gasteiger partial charge in [0.05, 0.1) is 35.9 Å². The average Bonchev–Trinajstić information content (AvgIpc) is 3.69. The number of aryl methyl sites for hydroxylation is 1. The van der Waals surface area contributed by atoms with Crippen LogP contribution in [0.5, 0.6) is 0 Å². The number of sulfone groups is 1. The van der Waals surface area contributed by atoms with E-state index in [0.29, 0.717) is 32.8 Å². The second-order valence-electron chi connectivity index (χ2n) is 15.6. The number of hydrogen-bond donors (Lipinski definition) is 1. The third-order valence-corrected chi connectivity index (χ3v) is 11.9. The molecule has 1 saturated carbocycles. The molecule has 3 aromatic heterocycles. The van der Waals surface area contributed by atoms with E-state index in [1.807, 2.05) is 0 Å². The van der Waals surface area contributed by atoms with E-state index in [2.05, 4.69) is 22.0 Å². The highest BCUT2D eigenvalue weighted by atomic mass is 32.2. The van der Waals surface area contributed by atoms with Gasteiger partial charge in [-0.2, -0.15) is 32.1 Å². The van der Waals surface area contributed by atoms with Gasteiger partial charge in [0.1, 0.15) is 35.2 Å². The number of halogens is 7. The largest absolute Gasteiger partial charge is 0.435 e. The average molecular weight is 844 g/mol. The van der Waals surface area contributed by atoms with Gasteiger partial charge < -0.3 is 9.84 Å². The number of carbonyl (C=O) groups excluding carboxylic acids is 1. The minimum Gasteiger partial charge on any atom is -0.381 e. The van der Waals surface area contributed by atoms with Crippen LogP contribution in [0.4, 0.5) is 30.7 Å². The summed E-state index contributed by atoms with van der Waals surface area (Å²) in [7, 11) is -1.92. The predicted octanol–water partition coefficient (Wildman–Crippen LogP) is 6.76. The summed E-state index contributed by atoms with van der Waals surface area (Å²) in [5, 5.41) is 19.5. The summed E-state index contributed by atoms with van der Waals surface area (Å²) in [6, 6.07) is 11.0. The molecule has 2 aliphatic carbocycles. The molecular weight excluding hydrogens is 808 g/mol. The standard InChI is InChI=1S/C41H36F7N5O5S/c1-52-36-29(4-3-5-30(36)33(50-52)21-59(2,56)57)28-7-6-26(8-9-39(55)10-12-58-13-11-39)49-35(28)23(14-22-15-24(42)18-25(43)16-22)17-27(54)20-53-38-34(37(51-53)41(46,47)48)31-19-32(31)40(38,44)45/h3-7,15-16,18,23,31-32,55H,10-14,17,19-21H2,1-2H3/t23-,31+,32-/m1/s1. The number of rotatable bonds is 10. The molecule has 1 saturated heterocycles. The van der Waals surface area contributed by atoms with Gasteiger partial charge in [-0.3, -0.25) is 14.2 Å². The van der Waals surface area contributed by atoms with Crippen molar-refractivity contribution in [1.29, 1.82) is 0 Å². The highest BCUT2D eigenvalue weighted by Crippen LogP contribution is 2.68. The predicted molar refractivity (Wildman–Crippen MR) is 199 cm³/mol. The van der Waals surface area contributed by atoms with Crippen LogP contribution in [0.15, 0.2) is 48.5 Å². The molecule has 310 valence electrons. The van der Waals surface area contributed by atoms with Crippen LogP contribution in [0, 0.1) is 29.4 Å². The maximum atomic E-state index is 15.4. The number of nitrogens with zero attached hydrogens (tertiary/aromatic N) is 5. The number of pyridine rings is 1. The monoisotopic (exact) mass is 843 g/mol. The molecule has 5 aromatic rings. The first-order chi connectivity index (χ1) is 27.7. The fourth-order valence-corrected chi connectivity index (χ4v) is 9.17. The lowest BCUT2D eigenvalue weighted by atomic mass is 9.86. The zero-order chi connectivity index (χ0) is 42.2. The third kappa shape index (κ3) is 7.99. The number of carbonyl (C=O) groups is 1. The Morgan fingerprint density at radius 2 is 1.76 bits per heavy atom. The number of aromatic nitrogens is 5. The van der Waals surface area contributed by atoms with Gasteiger partial charge >= 0.3 is 6.18 Å². The molecule has 1 aliphatic heterocycles. The molecule has 0 unspecified atom stereocenters. The molecule has 0 spiro atoms. The van der Waals surface area contributed by atoms with Gasteiger partial charge in [-0.05, 0) is 54.5 Å². The second-order valence-corrected chi connectivity index (χ2v) is 17.8. The summed E-state index contributed by atoms with van der Waals surface area (Å²) >= 11 is 0. The van der Waals surface area contributed by atoms with Crippen molar-refractivity contribution in [2.24, 2.45) is 13.0 Å². The van der Waals surface area contributed by atoms with E-state index in [1.165, 1.54) is 4.68 Å². The van der Waals surface area contributed by atoms with Gasteiger partial charge in [0.2, 0.25) is 0 Å². The summed E-state index contributed by atoms with van der Waals surface area (Å²) < 4.78 is 134. The SMILES string of the molecule is Cn1nc(CS(C)(=O)=O)c2cccc(-c3ccc(C#CC4(O)CCOCC4)nc3[C@@H](CC(=O)Cn3nc(C(F)(F)F)c4c3C(F)(F)[C@@H]3C[C@H]43)Cc3cc(F)cc(F)c3)c21. The maximum absolute atomic E-state index is 15.4. The summed E-state index contributed by atoms with van der Waals surface area (Å²) in [5.41, 5.74) is -2.51. The summed E-state index contributed by atoms with van der Waals surface area (Å²) in [4.78, 5) is 18.9. The summed E-state index contributed by atoms with van der Waals surface area (Å²) in [5.74, 6) is -4.42. The van der Waals surface area contributed by atoms with Crippen molar-refractivity contribution in [3.63, 3.8) is 0 Å². The van der Waals surface area contributed by atoms with Crippen molar-refractivity contribution in [3.05, 3.63) is 99.8 Å². The van der Waals surface area contributed by atoms with Gasteiger partial charge in [0.25, 0.3) is 5.92 Å². The molecular formula is C41H36F7N5O5S. The Hall–Kier alpha value is -5.12. The number of fused-ring (bicyclic) bond motifs is 4. The van der Waals surface area contributed by atoms with Crippen LogP contribution in [0.25, 0.3) is 22.0 Å². The lowest BCUT2D eigenvalue weighted by Gasteiger charge is -2.26. The molecule has 0 radical (unpaired) electrons. The Balaban J connectivity index is 1.26. The quantitative estimate of drug-likeness (QED) is 0.121. The van der Waals surface area contributed by atoms with Crippen molar-refractivity contribution in [1.82, 2.24) is 24.5 Å². The van der Waals surface area contributed by atoms with Crippen LogP contribution in [0.3, 0.4) is 0 Å². The number of hydrogen-bond acceptors (Lipinski definition) is 8. The number of benzene rings is 2. The van der Waals surface area contributed by atoms with Gasteiger partial charge in [0, 0.05) is 72.5 Å². The van der Waals surface area contributed by atoms with Gasteiger partial charge in [-0.1, -0.05) is 24.1 Å². The lowest BCUT2D eigenvalue weighted by molar-refractivity contribution is -0.142. The fourth-order valence-electron chi connectivity index (χ4n) is 8.46. The van der Waals surface area contributed by atoms with Crippen molar-refractivity contribution < 1.29 is 53.8 Å². The first-order valence-electron chi connectivity index (χ1n) is 18.7. The van der Waals surface area contributed by atoms with E-state index in [1.54, 1.807) is 37.4 Å². The molecule has 0 amide bonds. The summed E-state index contributed by atoms with van der Waals surface area (Å²) in [6.07, 6.45) is -4.50. The highest BCUT2D eigenvalue weighted by Gasteiger charge is 2.68. The van der Waals surface area contributed by atoms with Crippen molar-refractivity contribution in [2.45, 2.75) is 73.9 Å². The van der Waals surface area contributed by atoms with Gasteiger partial charge in [-0.15, -0.1) is 0 Å². The zero-order valence-corrected chi connectivity index (χ0v) is 32.4. The molecule has 18 heteroatoms. The molecule has 4 heterocycles. The molecule has 59 heavy (non-hydrogen) atoms. The number of aliphatic hydroxyl groups is 1. The third-order valence-electron chi connectivity index (χ3n) is 11.1. The Morgan fingerprint density at radius 3 is 2.44 bits per heavy atom. The lowest BCUT2D eigenvalue weighted by Crippen LogP contribution is -2.34. The molecule has 10 nitrogen and oxygen atoms in total. The molecule has 8 rings (SSSR count). The molecule has 3 atom stereocenters. The van der Waals surface area contributed by atoms with E-state index in [9.17, 15) is 40.3 Å². The van der Waals surface area contributed by atoms with E-state index in [4.69, 9.17) is 9.72 Å². The fraction of sp³-hybridized carbons (Fsp3) is 0.415. The van der Waals surface area contributed by atoms with Crippen LogP contribution in [0.2, 0.25) is 0 Å². The van der Waals surface area contributed by atoms with Crippen LogP contribution in [0.1, 0.15) is 77.1 Å². The van der Waals surface area contributed by atoms with Crippen LogP contribution >= 0.6 is 0 Å². The van der Waals surface area contributed by atoms with Crippen LogP contribution < -0.4 is 0 Å². The van der Waals surface area contributed by atoms with E-state index in [0.717, 1.165) is 18.4 Å². The van der Waals surface area contributed by atoms with Crippen LogP contribution in [-0.2, 0) is 57.2 Å². The van der Waals surface area contributed by atoms with Crippen molar-refractivity contribution in [3.8, 4) is 23.0 Å². The first-order valence-corrected chi connectivity index (χ1v) is 20.8. The van der Waals surface area contributed by atoms with Crippen LogP contribution in [-0.4, -0.2) is 68.9 Å². The molecule has 1 N–H and O–H groups in total. The maximum Gasteiger partial charge on any atom is 0.435 e. The minimum atomic E-state index is -5.05. The summed E-state index contributed by atoms with van der Waals surface area (Å²) in [6.45, 7) is -0.424. The second kappa shape index (κ2) is 14.6. The van der Waals surface area contributed by atoms with Gasteiger partial charge in [-0.25, -0.2) is 22.2 Å². The van der Waals surface area contributed by atoms with Crippen molar-refractivity contribution in [2.75, 3.05) is 19.5 Å². The minimum absolute atomic E-state index is 0.0844. The number of alkyl halides is 5. The molecule has 3 aliphatic rings. The molecule has 2 fully saturated rings. The Bertz CT molecular complexity index is 2670. The topological polar surface area (TPSA) is 129 Å². The van der Waals surface area contributed by atoms with E-state index >= 15 is 8.78 Å². The molecule has 2 aromatic carbocycles. The van der Waals surface area contributed by atoms with E-state index in [-0.39, 0.29) is 67.3 Å². The number of ketones is 1. The molecule has 0 bridgehead atoms. The first kappa shape index (κ1) is 40.7. The Labute approximate surface area is 333 Å². The smallest absolute Gasteiger partial charge is 0.381 e. The number of para-hydroxylation sites is 1. The van der Waals surface area contributed by atoms with E-state index < -0.39 is 92.6 Å². The number of Topliss-reactive ketones (excluding diaryl/α,β-unsaturated/α-hetero) is 1. The zero-order valence-electron chi connectivity index (χ0n) is 31.6. The number of ether oxygens (including phenoxy) is 1.